The van der Waals surface area contributed by atoms with Crippen LogP contribution < -0.4 is 15.5 Å². The van der Waals surface area contributed by atoms with Crippen LogP contribution in [0.25, 0.3) is 0 Å². The highest BCUT2D eigenvalue weighted by molar-refractivity contribution is 5.82. The molecule has 4 rings (SSSR count). The molecule has 3 unspecified atom stereocenters. The molecule has 130 valence electrons. The van der Waals surface area contributed by atoms with E-state index in [1.165, 1.54) is 36.9 Å². The lowest BCUT2D eigenvalue weighted by molar-refractivity contribution is -0.122. The van der Waals surface area contributed by atoms with Gasteiger partial charge in [0.05, 0.1) is 6.04 Å². The van der Waals surface area contributed by atoms with E-state index >= 15 is 0 Å². The molecule has 4 nitrogen and oxygen atoms in total. The first-order valence-electron chi connectivity index (χ1n) is 9.68. The SMILES string of the molecule is O=C(NCCCN1CCc2ccccc21)C1CC2CCCCC2N1. The largest absolute Gasteiger partial charge is 0.371 e. The van der Waals surface area contributed by atoms with Gasteiger partial charge in [0.1, 0.15) is 0 Å². The molecule has 1 amide bonds. The Morgan fingerprint density at radius 3 is 3.04 bits per heavy atom. The predicted molar refractivity (Wildman–Crippen MR) is 97.3 cm³/mol. The minimum absolute atomic E-state index is 0.0469. The number of nitrogens with zero attached hydrogens (tertiary/aromatic N) is 1. The van der Waals surface area contributed by atoms with Gasteiger partial charge in [-0.2, -0.15) is 0 Å². The molecule has 3 aliphatic rings. The van der Waals surface area contributed by atoms with E-state index in [0.29, 0.717) is 6.04 Å². The van der Waals surface area contributed by atoms with Crippen molar-refractivity contribution in [1.29, 1.82) is 0 Å². The minimum Gasteiger partial charge on any atom is -0.371 e. The Balaban J connectivity index is 1.19. The maximum atomic E-state index is 12.4. The van der Waals surface area contributed by atoms with Gasteiger partial charge in [-0.15, -0.1) is 0 Å². The van der Waals surface area contributed by atoms with Crippen LogP contribution in [0.4, 0.5) is 5.69 Å². The molecule has 0 radical (unpaired) electrons. The number of carbonyl (C=O) groups is 1. The quantitative estimate of drug-likeness (QED) is 0.817. The van der Waals surface area contributed by atoms with Crippen molar-refractivity contribution in [3.63, 3.8) is 0 Å². The smallest absolute Gasteiger partial charge is 0.237 e. The lowest BCUT2D eigenvalue weighted by Gasteiger charge is -2.24. The van der Waals surface area contributed by atoms with E-state index in [4.69, 9.17) is 0 Å². The van der Waals surface area contributed by atoms with Gasteiger partial charge in [0.2, 0.25) is 5.91 Å². The Labute approximate surface area is 145 Å². The molecule has 4 heteroatoms. The van der Waals surface area contributed by atoms with Gasteiger partial charge in [-0.1, -0.05) is 31.0 Å². The van der Waals surface area contributed by atoms with Gasteiger partial charge in [0.25, 0.3) is 0 Å². The molecular formula is C20H29N3O. The van der Waals surface area contributed by atoms with E-state index in [9.17, 15) is 4.79 Å². The van der Waals surface area contributed by atoms with Gasteiger partial charge in [-0.3, -0.25) is 4.79 Å². The number of para-hydroxylation sites is 1. The second kappa shape index (κ2) is 7.14. The molecule has 2 heterocycles. The van der Waals surface area contributed by atoms with Gasteiger partial charge >= 0.3 is 0 Å². The second-order valence-corrected chi connectivity index (χ2v) is 7.62. The van der Waals surface area contributed by atoms with Crippen LogP contribution in [0, 0.1) is 5.92 Å². The van der Waals surface area contributed by atoms with Crippen LogP contribution in [0.5, 0.6) is 0 Å². The first kappa shape index (κ1) is 15.9. The van der Waals surface area contributed by atoms with Gasteiger partial charge in [-0.05, 0) is 49.7 Å². The highest BCUT2D eigenvalue weighted by Gasteiger charge is 2.37. The number of amides is 1. The van der Waals surface area contributed by atoms with Crippen molar-refractivity contribution in [2.45, 2.75) is 57.0 Å². The average molecular weight is 327 g/mol. The van der Waals surface area contributed by atoms with Crippen LogP contribution in [0.2, 0.25) is 0 Å². The maximum absolute atomic E-state index is 12.4. The number of anilines is 1. The summed E-state index contributed by atoms with van der Waals surface area (Å²) in [5, 5.41) is 6.72. The van der Waals surface area contributed by atoms with E-state index in [1.807, 2.05) is 0 Å². The minimum atomic E-state index is 0.0469. The summed E-state index contributed by atoms with van der Waals surface area (Å²) in [6.45, 7) is 2.92. The van der Waals surface area contributed by atoms with Crippen LogP contribution in [-0.2, 0) is 11.2 Å². The van der Waals surface area contributed by atoms with Crippen LogP contribution in [0.3, 0.4) is 0 Å². The first-order valence-corrected chi connectivity index (χ1v) is 9.68. The Morgan fingerprint density at radius 2 is 2.12 bits per heavy atom. The van der Waals surface area contributed by atoms with Gasteiger partial charge in [0, 0.05) is 31.4 Å². The van der Waals surface area contributed by atoms with E-state index in [0.717, 1.165) is 44.8 Å². The summed E-state index contributed by atoms with van der Waals surface area (Å²) >= 11 is 0. The molecule has 1 aromatic rings. The molecule has 1 saturated carbocycles. The third kappa shape index (κ3) is 3.30. The number of hydrogen-bond donors (Lipinski definition) is 2. The van der Waals surface area contributed by atoms with Crippen LogP contribution in [0.15, 0.2) is 24.3 Å². The lowest BCUT2D eigenvalue weighted by atomic mass is 9.85. The van der Waals surface area contributed by atoms with Crippen molar-refractivity contribution >= 4 is 11.6 Å². The molecule has 24 heavy (non-hydrogen) atoms. The number of rotatable bonds is 5. The van der Waals surface area contributed by atoms with E-state index in [2.05, 4.69) is 39.8 Å². The molecule has 2 aliphatic heterocycles. The third-order valence-corrected chi connectivity index (χ3v) is 6.07. The Morgan fingerprint density at radius 1 is 1.25 bits per heavy atom. The predicted octanol–water partition coefficient (Wildman–Crippen LogP) is 2.48. The number of benzene rings is 1. The summed E-state index contributed by atoms with van der Waals surface area (Å²) in [6.07, 6.45) is 8.42. The molecule has 1 saturated heterocycles. The number of nitrogens with one attached hydrogen (secondary N) is 2. The van der Waals surface area contributed by atoms with Crippen molar-refractivity contribution in [1.82, 2.24) is 10.6 Å². The monoisotopic (exact) mass is 327 g/mol. The first-order chi connectivity index (χ1) is 11.8. The Kier molecular flexibility index (Phi) is 4.74. The van der Waals surface area contributed by atoms with Gasteiger partial charge in [-0.25, -0.2) is 0 Å². The van der Waals surface area contributed by atoms with Crippen molar-refractivity contribution in [2.75, 3.05) is 24.5 Å². The average Bonchev–Trinajstić information content (AvgIpc) is 3.23. The van der Waals surface area contributed by atoms with E-state index in [1.54, 1.807) is 0 Å². The standard InChI is InChI=1S/C20H29N3O/c24-20(18-14-16-7-1-3-8-17(16)22-18)21-11-5-12-23-13-10-15-6-2-4-9-19(15)23/h2,4,6,9,16-18,22H,1,3,5,7-8,10-14H2,(H,21,24). The fourth-order valence-electron chi connectivity index (χ4n) is 4.76. The van der Waals surface area contributed by atoms with Crippen LogP contribution in [0.1, 0.15) is 44.1 Å². The Bertz CT molecular complexity index is 574. The van der Waals surface area contributed by atoms with Crippen molar-refractivity contribution in [2.24, 2.45) is 5.92 Å². The normalized spacial score (nSPS) is 28.5. The molecular weight excluding hydrogens is 298 g/mol. The third-order valence-electron chi connectivity index (χ3n) is 6.07. The molecule has 0 spiro atoms. The second-order valence-electron chi connectivity index (χ2n) is 7.62. The zero-order chi connectivity index (χ0) is 16.4. The molecule has 1 aliphatic carbocycles. The summed E-state index contributed by atoms with van der Waals surface area (Å²) in [6, 6.07) is 9.31. The molecule has 2 fully saturated rings. The molecule has 2 N–H and O–H groups in total. The Hall–Kier alpha value is -1.55. The van der Waals surface area contributed by atoms with Crippen molar-refractivity contribution < 1.29 is 4.79 Å². The van der Waals surface area contributed by atoms with Crippen LogP contribution >= 0.6 is 0 Å². The summed E-state index contributed by atoms with van der Waals surface area (Å²) in [4.78, 5) is 14.8. The van der Waals surface area contributed by atoms with E-state index < -0.39 is 0 Å². The zero-order valence-corrected chi connectivity index (χ0v) is 14.5. The maximum Gasteiger partial charge on any atom is 0.237 e. The molecule has 3 atom stereocenters. The van der Waals surface area contributed by atoms with Crippen molar-refractivity contribution in [3.05, 3.63) is 29.8 Å². The number of carbonyl (C=O) groups excluding carboxylic acids is 1. The fourth-order valence-corrected chi connectivity index (χ4v) is 4.76. The highest BCUT2D eigenvalue weighted by Crippen LogP contribution is 2.33. The van der Waals surface area contributed by atoms with Gasteiger partial charge in [0.15, 0.2) is 0 Å². The summed E-state index contributed by atoms with van der Waals surface area (Å²) in [7, 11) is 0. The van der Waals surface area contributed by atoms with Gasteiger partial charge < -0.3 is 15.5 Å². The van der Waals surface area contributed by atoms with Crippen molar-refractivity contribution in [3.8, 4) is 0 Å². The lowest BCUT2D eigenvalue weighted by Crippen LogP contribution is -2.43. The summed E-state index contributed by atoms with van der Waals surface area (Å²) in [5.41, 5.74) is 2.84. The summed E-state index contributed by atoms with van der Waals surface area (Å²) < 4.78 is 0. The zero-order valence-electron chi connectivity index (χ0n) is 14.5. The van der Waals surface area contributed by atoms with E-state index in [-0.39, 0.29) is 11.9 Å². The highest BCUT2D eigenvalue weighted by atomic mass is 16.2. The molecule has 1 aromatic carbocycles. The van der Waals surface area contributed by atoms with Crippen LogP contribution in [-0.4, -0.2) is 37.6 Å². The fraction of sp³-hybridized carbons (Fsp3) is 0.650. The molecule has 0 aromatic heterocycles. The topological polar surface area (TPSA) is 44.4 Å². The molecule has 0 bridgehead atoms. The number of fused-ring (bicyclic) bond motifs is 2. The number of hydrogen-bond acceptors (Lipinski definition) is 3. The summed E-state index contributed by atoms with van der Waals surface area (Å²) in [5.74, 6) is 0.946.